The number of imidazole rings is 1. The van der Waals surface area contributed by atoms with E-state index in [4.69, 9.17) is 5.11 Å². The summed E-state index contributed by atoms with van der Waals surface area (Å²) in [6.45, 7) is 2.81. The van der Waals surface area contributed by atoms with E-state index in [9.17, 15) is 9.59 Å². The number of urea groups is 1. The fraction of sp³-hybridized carbons (Fsp3) is 0.389. The Morgan fingerprint density at radius 2 is 2.04 bits per heavy atom. The first kappa shape index (κ1) is 18.5. The third-order valence-corrected chi connectivity index (χ3v) is 4.00. The minimum absolute atomic E-state index is 0.156. The average molecular weight is 344 g/mol. The number of hydrogen-bond donors (Lipinski definition) is 2. The molecule has 2 aromatic rings. The topological polar surface area (TPSA) is 87.5 Å². The van der Waals surface area contributed by atoms with Gasteiger partial charge < -0.3 is 19.9 Å². The van der Waals surface area contributed by atoms with Gasteiger partial charge in [0.25, 0.3) is 0 Å². The van der Waals surface area contributed by atoms with Crippen LogP contribution < -0.4 is 5.32 Å². The molecule has 1 atom stereocenters. The molecule has 0 aliphatic rings. The smallest absolute Gasteiger partial charge is 0.317 e. The zero-order valence-corrected chi connectivity index (χ0v) is 14.6. The minimum Gasteiger partial charge on any atom is -0.481 e. The van der Waals surface area contributed by atoms with Crippen LogP contribution >= 0.6 is 0 Å². The second-order valence-electron chi connectivity index (χ2n) is 6.05. The Morgan fingerprint density at radius 1 is 1.32 bits per heavy atom. The number of carboxylic acid groups (broad SMARTS) is 1. The fourth-order valence-corrected chi connectivity index (χ4v) is 2.47. The molecule has 1 aromatic carbocycles. The normalized spacial score (nSPS) is 11.8. The molecule has 0 fully saturated rings. The highest BCUT2D eigenvalue weighted by molar-refractivity contribution is 5.75. The molecule has 2 N–H and O–H groups in total. The van der Waals surface area contributed by atoms with Crippen molar-refractivity contribution in [3.05, 3.63) is 54.1 Å². The molecule has 2 amide bonds. The largest absolute Gasteiger partial charge is 0.481 e. The lowest BCUT2D eigenvalue weighted by Crippen LogP contribution is -2.40. The number of aromatic nitrogens is 2. The van der Waals surface area contributed by atoms with Crippen LogP contribution in [0.4, 0.5) is 4.79 Å². The quantitative estimate of drug-likeness (QED) is 0.767. The summed E-state index contributed by atoms with van der Waals surface area (Å²) in [5.41, 5.74) is 1.24. The number of amides is 2. The zero-order chi connectivity index (χ0) is 18.2. The van der Waals surface area contributed by atoms with Gasteiger partial charge in [-0.3, -0.25) is 4.79 Å². The lowest BCUT2D eigenvalue weighted by molar-refractivity contribution is -0.141. The van der Waals surface area contributed by atoms with Crippen molar-refractivity contribution in [2.24, 2.45) is 5.92 Å². The molecule has 0 saturated carbocycles. The minimum atomic E-state index is -0.920. The van der Waals surface area contributed by atoms with Crippen LogP contribution in [0.1, 0.15) is 18.3 Å². The highest BCUT2D eigenvalue weighted by atomic mass is 16.4. The summed E-state index contributed by atoms with van der Waals surface area (Å²) in [5.74, 6) is -0.760. The van der Waals surface area contributed by atoms with Crippen molar-refractivity contribution in [1.82, 2.24) is 19.8 Å². The Hall–Kier alpha value is -2.83. The number of aryl methyl sites for hydroxylation is 2. The number of nitrogens with one attached hydrogen (secondary N) is 1. The summed E-state index contributed by atoms with van der Waals surface area (Å²) in [4.78, 5) is 28.6. The summed E-state index contributed by atoms with van der Waals surface area (Å²) in [6.07, 6.45) is 4.48. The van der Waals surface area contributed by atoms with E-state index >= 15 is 0 Å². The lowest BCUT2D eigenvalue weighted by atomic mass is 10.1. The Morgan fingerprint density at radius 3 is 2.72 bits per heavy atom. The zero-order valence-electron chi connectivity index (χ0n) is 14.6. The molecule has 1 unspecified atom stereocenters. The monoisotopic (exact) mass is 344 g/mol. The molecule has 25 heavy (non-hydrogen) atoms. The van der Waals surface area contributed by atoms with Crippen LogP contribution in [0.3, 0.4) is 0 Å². The molecule has 0 spiro atoms. The molecule has 1 aromatic heterocycles. The van der Waals surface area contributed by atoms with Crippen LogP contribution in [0.5, 0.6) is 0 Å². The predicted molar refractivity (Wildman–Crippen MR) is 94.0 cm³/mol. The summed E-state index contributed by atoms with van der Waals surface area (Å²) in [7, 11) is 1.58. The summed E-state index contributed by atoms with van der Waals surface area (Å²) in [5, 5.41) is 11.7. The van der Waals surface area contributed by atoms with Gasteiger partial charge in [-0.25, -0.2) is 9.78 Å². The van der Waals surface area contributed by atoms with Gasteiger partial charge in [-0.15, -0.1) is 0 Å². The average Bonchev–Trinajstić information content (AvgIpc) is 3.05. The van der Waals surface area contributed by atoms with Gasteiger partial charge >= 0.3 is 12.0 Å². The van der Waals surface area contributed by atoms with E-state index in [2.05, 4.69) is 22.4 Å². The van der Waals surface area contributed by atoms with Crippen LogP contribution in [0.15, 0.2) is 42.7 Å². The van der Waals surface area contributed by atoms with E-state index in [0.29, 0.717) is 6.54 Å². The number of hydrogen-bond acceptors (Lipinski definition) is 3. The van der Waals surface area contributed by atoms with E-state index in [1.807, 2.05) is 29.0 Å². The van der Waals surface area contributed by atoms with Gasteiger partial charge in [-0.1, -0.05) is 37.3 Å². The van der Waals surface area contributed by atoms with Crippen molar-refractivity contribution in [1.29, 1.82) is 0 Å². The van der Waals surface area contributed by atoms with Crippen LogP contribution in [0, 0.1) is 5.92 Å². The van der Waals surface area contributed by atoms with E-state index in [0.717, 1.165) is 18.8 Å². The molecule has 7 heteroatoms. The van der Waals surface area contributed by atoms with Crippen molar-refractivity contribution in [3.8, 4) is 0 Å². The number of rotatable bonds is 8. The van der Waals surface area contributed by atoms with Gasteiger partial charge in [0.05, 0.1) is 12.5 Å². The molecule has 2 rings (SSSR count). The lowest BCUT2D eigenvalue weighted by Gasteiger charge is -2.20. The number of carbonyl (C=O) groups excluding carboxylic acids is 1. The maximum Gasteiger partial charge on any atom is 0.317 e. The van der Waals surface area contributed by atoms with Crippen molar-refractivity contribution in [3.63, 3.8) is 0 Å². The van der Waals surface area contributed by atoms with E-state index in [1.165, 1.54) is 10.5 Å². The van der Waals surface area contributed by atoms with Gasteiger partial charge in [0, 0.05) is 32.5 Å². The van der Waals surface area contributed by atoms with E-state index < -0.39 is 11.9 Å². The molecule has 7 nitrogen and oxygen atoms in total. The standard InChI is InChI=1S/C18H24N4O3/c1-14(17(23)24)13-21(2)18(25)20-12-16-19-9-11-22(16)10-8-15-6-4-3-5-7-15/h3-7,9,11,14H,8,10,12-13H2,1-2H3,(H,20,25)(H,23,24). The van der Waals surface area contributed by atoms with Gasteiger partial charge in [-0.05, 0) is 12.0 Å². The molecule has 134 valence electrons. The van der Waals surface area contributed by atoms with Gasteiger partial charge in [-0.2, -0.15) is 0 Å². The first-order valence-electron chi connectivity index (χ1n) is 8.23. The van der Waals surface area contributed by atoms with Crippen LogP contribution in [0.25, 0.3) is 0 Å². The SMILES string of the molecule is CC(CN(C)C(=O)NCc1nccn1CCc1ccccc1)C(=O)O. The molecule has 0 aliphatic heterocycles. The predicted octanol–water partition coefficient (Wildman–Crippen LogP) is 1.99. The van der Waals surface area contributed by atoms with Crippen LogP contribution in [-0.2, 0) is 24.3 Å². The third kappa shape index (κ3) is 5.63. The van der Waals surface area contributed by atoms with Crippen LogP contribution in [0.2, 0.25) is 0 Å². The van der Waals surface area contributed by atoms with Gasteiger partial charge in [0.15, 0.2) is 0 Å². The molecule has 0 aliphatic carbocycles. The molecular weight excluding hydrogens is 320 g/mol. The fourth-order valence-electron chi connectivity index (χ4n) is 2.47. The highest BCUT2D eigenvalue weighted by Crippen LogP contribution is 2.05. The van der Waals surface area contributed by atoms with E-state index in [1.54, 1.807) is 20.2 Å². The Bertz CT molecular complexity index is 699. The summed E-state index contributed by atoms with van der Waals surface area (Å²) < 4.78 is 2.01. The number of nitrogens with zero attached hydrogens (tertiary/aromatic N) is 3. The second kappa shape index (κ2) is 8.86. The molecule has 0 bridgehead atoms. The number of benzene rings is 1. The van der Waals surface area contributed by atoms with Gasteiger partial charge in [0.2, 0.25) is 0 Å². The molecule has 1 heterocycles. The maximum atomic E-state index is 12.1. The number of carboxylic acids is 1. The van der Waals surface area contributed by atoms with Crippen molar-refractivity contribution < 1.29 is 14.7 Å². The molecule has 0 radical (unpaired) electrons. The molecule has 0 saturated heterocycles. The van der Waals surface area contributed by atoms with Crippen LogP contribution in [-0.4, -0.2) is 45.2 Å². The Balaban J connectivity index is 1.84. The first-order chi connectivity index (χ1) is 12.0. The van der Waals surface area contributed by atoms with Crippen molar-refractivity contribution in [2.45, 2.75) is 26.4 Å². The second-order valence-corrected chi connectivity index (χ2v) is 6.05. The Labute approximate surface area is 147 Å². The van der Waals surface area contributed by atoms with Gasteiger partial charge in [0.1, 0.15) is 5.82 Å². The maximum absolute atomic E-state index is 12.1. The Kier molecular flexibility index (Phi) is 6.56. The highest BCUT2D eigenvalue weighted by Gasteiger charge is 2.17. The van der Waals surface area contributed by atoms with Crippen molar-refractivity contribution >= 4 is 12.0 Å². The number of carbonyl (C=O) groups is 2. The first-order valence-corrected chi connectivity index (χ1v) is 8.23. The molecular formula is C18H24N4O3. The van der Waals surface area contributed by atoms with Crippen molar-refractivity contribution in [2.75, 3.05) is 13.6 Å². The number of aliphatic carboxylic acids is 1. The summed E-state index contributed by atoms with van der Waals surface area (Å²) in [6, 6.07) is 9.86. The third-order valence-electron chi connectivity index (χ3n) is 4.00. The van der Waals surface area contributed by atoms with E-state index in [-0.39, 0.29) is 12.6 Å². The summed E-state index contributed by atoms with van der Waals surface area (Å²) >= 11 is 0.